The van der Waals surface area contributed by atoms with Crippen LogP contribution in [0, 0.1) is 21.3 Å². The number of Topliss-reactive ketones (excluding diaryl/α,β-unsaturated/α-hetero) is 1. The number of hydrogen-bond donors (Lipinski definition) is 2. The van der Waals surface area contributed by atoms with Gasteiger partial charge in [-0.2, -0.15) is 0 Å². The van der Waals surface area contributed by atoms with Gasteiger partial charge in [0.2, 0.25) is 5.91 Å². The maximum Gasteiger partial charge on any atom is 0.269 e. The molecule has 0 radical (unpaired) electrons. The van der Waals surface area contributed by atoms with Gasteiger partial charge in [-0.25, -0.2) is 4.39 Å². The molecule has 2 N–H and O–H groups in total. The standard InChI is InChI=1S/C31H31FN4O4/c1-31(2)17-25-29(27(37)18-31)30(21-6-5-7-23(16-21)36(39)40)35(26-9-4-3-8-24(26)34-25)19-28(38)33-15-14-20-10-12-22(32)13-11-20/h3-13,16,30,34H,14-15,17-19H2,1-2H3,(H,33,38). The number of hydrogen-bond acceptors (Lipinski definition) is 6. The topological polar surface area (TPSA) is 105 Å². The molecule has 40 heavy (non-hydrogen) atoms. The molecule has 1 unspecified atom stereocenters. The first kappa shape index (κ1) is 27.1. The van der Waals surface area contributed by atoms with E-state index in [2.05, 4.69) is 10.6 Å². The Balaban J connectivity index is 1.53. The Hall–Kier alpha value is -4.53. The van der Waals surface area contributed by atoms with E-state index >= 15 is 0 Å². The zero-order valence-corrected chi connectivity index (χ0v) is 22.4. The largest absolute Gasteiger partial charge is 0.357 e. The lowest BCUT2D eigenvalue weighted by atomic mass is 9.73. The fourth-order valence-corrected chi connectivity index (χ4v) is 5.59. The number of nitro benzene ring substituents is 1. The molecule has 0 aromatic heterocycles. The van der Waals surface area contributed by atoms with Crippen LogP contribution >= 0.6 is 0 Å². The third kappa shape index (κ3) is 5.73. The number of halogens is 1. The minimum Gasteiger partial charge on any atom is -0.357 e. The average Bonchev–Trinajstić information content (AvgIpc) is 3.03. The highest BCUT2D eigenvalue weighted by molar-refractivity contribution is 6.02. The number of benzene rings is 3. The molecular weight excluding hydrogens is 511 g/mol. The van der Waals surface area contributed by atoms with Crippen LogP contribution in [0.4, 0.5) is 21.5 Å². The summed E-state index contributed by atoms with van der Waals surface area (Å²) in [6.45, 7) is 4.35. The molecule has 2 aliphatic rings. The SMILES string of the molecule is CC1(C)CC(=O)C2=C(C1)Nc1ccccc1N(CC(=O)NCCc1ccc(F)cc1)C2c1cccc([N+](=O)[O-])c1. The van der Waals surface area contributed by atoms with Gasteiger partial charge >= 0.3 is 0 Å². The molecule has 8 nitrogen and oxygen atoms in total. The molecule has 1 aliphatic carbocycles. The first-order valence-electron chi connectivity index (χ1n) is 13.3. The second-order valence-electron chi connectivity index (χ2n) is 11.1. The molecule has 0 bridgehead atoms. The lowest BCUT2D eigenvalue weighted by molar-refractivity contribution is -0.384. The molecular formula is C31H31FN4O4. The minimum atomic E-state index is -0.711. The van der Waals surface area contributed by atoms with Crippen molar-refractivity contribution in [2.75, 3.05) is 23.3 Å². The quantitative estimate of drug-likeness (QED) is 0.293. The van der Waals surface area contributed by atoms with Crippen molar-refractivity contribution in [1.29, 1.82) is 0 Å². The Morgan fingerprint density at radius 2 is 1.85 bits per heavy atom. The van der Waals surface area contributed by atoms with Crippen LogP contribution in [-0.2, 0) is 16.0 Å². The van der Waals surface area contributed by atoms with E-state index in [4.69, 9.17) is 0 Å². The Kier molecular flexibility index (Phi) is 7.38. The van der Waals surface area contributed by atoms with Gasteiger partial charge in [0.15, 0.2) is 5.78 Å². The van der Waals surface area contributed by atoms with E-state index in [-0.39, 0.29) is 35.2 Å². The highest BCUT2D eigenvalue weighted by atomic mass is 19.1. The number of non-ortho nitro benzene ring substituents is 1. The monoisotopic (exact) mass is 542 g/mol. The van der Waals surface area contributed by atoms with Crippen LogP contribution in [-0.4, -0.2) is 29.7 Å². The molecule has 206 valence electrons. The number of rotatable bonds is 7. The van der Waals surface area contributed by atoms with Crippen LogP contribution < -0.4 is 15.5 Å². The second kappa shape index (κ2) is 10.9. The number of allylic oxidation sites excluding steroid dienone is 1. The van der Waals surface area contributed by atoms with Gasteiger partial charge in [0.05, 0.1) is 28.9 Å². The minimum absolute atomic E-state index is 0.0511. The summed E-state index contributed by atoms with van der Waals surface area (Å²) < 4.78 is 13.2. The molecule has 1 heterocycles. The summed E-state index contributed by atoms with van der Waals surface area (Å²) in [4.78, 5) is 40.1. The molecule has 1 atom stereocenters. The number of nitrogens with zero attached hydrogens (tertiary/aromatic N) is 2. The molecule has 5 rings (SSSR count). The third-order valence-electron chi connectivity index (χ3n) is 7.36. The van der Waals surface area contributed by atoms with Gasteiger partial charge in [-0.1, -0.05) is 50.2 Å². The van der Waals surface area contributed by atoms with Gasteiger partial charge in [-0.15, -0.1) is 0 Å². The molecule has 0 saturated heterocycles. The van der Waals surface area contributed by atoms with Crippen LogP contribution in [0.25, 0.3) is 0 Å². The number of carbonyl (C=O) groups is 2. The number of nitrogens with one attached hydrogen (secondary N) is 2. The van der Waals surface area contributed by atoms with Crippen molar-refractivity contribution in [1.82, 2.24) is 5.32 Å². The lowest BCUT2D eigenvalue weighted by Gasteiger charge is -2.37. The van der Waals surface area contributed by atoms with Crippen molar-refractivity contribution < 1.29 is 18.9 Å². The van der Waals surface area contributed by atoms with Crippen LogP contribution in [0.1, 0.15) is 43.9 Å². The average molecular weight is 543 g/mol. The van der Waals surface area contributed by atoms with E-state index in [0.29, 0.717) is 42.6 Å². The number of nitro groups is 1. The Morgan fingerprint density at radius 3 is 2.60 bits per heavy atom. The zero-order valence-electron chi connectivity index (χ0n) is 22.4. The van der Waals surface area contributed by atoms with Crippen LogP contribution in [0.2, 0.25) is 0 Å². The van der Waals surface area contributed by atoms with Crippen LogP contribution in [0.3, 0.4) is 0 Å². The molecule has 0 saturated carbocycles. The van der Waals surface area contributed by atoms with Gasteiger partial charge in [-0.05, 0) is 53.6 Å². The van der Waals surface area contributed by atoms with E-state index in [9.17, 15) is 24.1 Å². The second-order valence-corrected chi connectivity index (χ2v) is 11.1. The van der Waals surface area contributed by atoms with E-state index in [1.54, 1.807) is 24.3 Å². The van der Waals surface area contributed by atoms with Gasteiger partial charge in [0.25, 0.3) is 5.69 Å². The predicted molar refractivity (Wildman–Crippen MR) is 151 cm³/mol. The van der Waals surface area contributed by atoms with Gasteiger partial charge in [0.1, 0.15) is 5.82 Å². The summed E-state index contributed by atoms with van der Waals surface area (Å²) in [5.74, 6) is -0.632. The first-order valence-corrected chi connectivity index (χ1v) is 13.3. The number of amides is 1. The summed E-state index contributed by atoms with van der Waals surface area (Å²) in [6, 6.07) is 19.2. The highest BCUT2D eigenvalue weighted by Gasteiger charge is 2.42. The lowest BCUT2D eigenvalue weighted by Crippen LogP contribution is -2.42. The van der Waals surface area contributed by atoms with Gasteiger partial charge < -0.3 is 15.5 Å². The van der Waals surface area contributed by atoms with Crippen LogP contribution in [0.15, 0.2) is 84.1 Å². The zero-order chi connectivity index (χ0) is 28.4. The van der Waals surface area contributed by atoms with Crippen molar-refractivity contribution in [2.24, 2.45) is 5.41 Å². The molecule has 0 spiro atoms. The summed E-state index contributed by atoms with van der Waals surface area (Å²) in [5, 5.41) is 18.1. The first-order chi connectivity index (χ1) is 19.1. The Bertz CT molecular complexity index is 1500. The van der Waals surface area contributed by atoms with Crippen LogP contribution in [0.5, 0.6) is 0 Å². The smallest absolute Gasteiger partial charge is 0.269 e. The van der Waals surface area contributed by atoms with E-state index in [0.717, 1.165) is 16.9 Å². The number of carbonyl (C=O) groups excluding carboxylic acids is 2. The van der Waals surface area contributed by atoms with Crippen molar-refractivity contribution >= 4 is 28.8 Å². The van der Waals surface area contributed by atoms with Crippen molar-refractivity contribution in [3.63, 3.8) is 0 Å². The number of fused-ring (bicyclic) bond motifs is 1. The normalized spacial score (nSPS) is 17.8. The Labute approximate surface area is 232 Å². The summed E-state index contributed by atoms with van der Waals surface area (Å²) in [6.07, 6.45) is 1.47. The molecule has 0 fully saturated rings. The Morgan fingerprint density at radius 1 is 1.10 bits per heavy atom. The van der Waals surface area contributed by atoms with Gasteiger partial charge in [-0.3, -0.25) is 19.7 Å². The fraction of sp³-hybridized carbons (Fsp3) is 0.290. The van der Waals surface area contributed by atoms with Gasteiger partial charge in [0, 0.05) is 36.4 Å². The molecule has 3 aromatic rings. The predicted octanol–water partition coefficient (Wildman–Crippen LogP) is 5.71. The van der Waals surface area contributed by atoms with Crippen molar-refractivity contribution in [3.8, 4) is 0 Å². The summed E-state index contributed by atoms with van der Waals surface area (Å²) >= 11 is 0. The third-order valence-corrected chi connectivity index (χ3v) is 7.36. The number of para-hydroxylation sites is 2. The van der Waals surface area contributed by atoms with E-state index in [1.807, 2.05) is 43.0 Å². The summed E-state index contributed by atoms with van der Waals surface area (Å²) in [7, 11) is 0. The number of ketones is 1. The molecule has 3 aromatic carbocycles. The molecule has 1 amide bonds. The summed E-state index contributed by atoms with van der Waals surface area (Å²) in [5.41, 5.74) is 3.87. The van der Waals surface area contributed by atoms with Crippen molar-refractivity contribution in [3.05, 3.63) is 111 Å². The molecule has 1 aliphatic heterocycles. The van der Waals surface area contributed by atoms with E-state index in [1.165, 1.54) is 24.3 Å². The molecule has 9 heteroatoms. The fourth-order valence-electron chi connectivity index (χ4n) is 5.59. The van der Waals surface area contributed by atoms with E-state index < -0.39 is 11.0 Å². The highest BCUT2D eigenvalue weighted by Crippen LogP contribution is 2.48. The maximum absolute atomic E-state index is 13.7. The van der Waals surface area contributed by atoms with Crippen molar-refractivity contribution in [2.45, 2.75) is 39.2 Å². The number of anilines is 2. The maximum atomic E-state index is 13.7.